The third kappa shape index (κ3) is 5.30. The van der Waals surface area contributed by atoms with Gasteiger partial charge in [0.1, 0.15) is 5.75 Å². The standard InChI is InChI=1S/C24H33N3O2/c1-28-23-10-6-21(7-11-23)24(27-12-2-3-13-27)19-25-18-20-4-8-22(9-5-20)26-14-16-29-17-15-26/h4-11,24-25H,2-3,12-19H2,1H3. The van der Waals surface area contributed by atoms with Gasteiger partial charge in [-0.25, -0.2) is 0 Å². The fourth-order valence-electron chi connectivity index (χ4n) is 4.34. The van der Waals surface area contributed by atoms with Crippen molar-refractivity contribution in [2.75, 3.05) is 57.9 Å². The first-order valence-corrected chi connectivity index (χ1v) is 10.8. The maximum absolute atomic E-state index is 5.45. The summed E-state index contributed by atoms with van der Waals surface area (Å²) in [4.78, 5) is 5.00. The topological polar surface area (TPSA) is 37.0 Å². The minimum atomic E-state index is 0.413. The molecule has 1 atom stereocenters. The number of likely N-dealkylation sites (tertiary alicyclic amines) is 1. The van der Waals surface area contributed by atoms with Crippen LogP contribution in [-0.4, -0.2) is 57.9 Å². The zero-order chi connectivity index (χ0) is 19.9. The highest BCUT2D eigenvalue weighted by Gasteiger charge is 2.23. The van der Waals surface area contributed by atoms with Crippen LogP contribution in [0.5, 0.6) is 5.75 Å². The first-order chi connectivity index (χ1) is 14.3. The fraction of sp³-hybridized carbons (Fsp3) is 0.500. The molecule has 0 aromatic heterocycles. The normalized spacial score (nSPS) is 18.7. The first-order valence-electron chi connectivity index (χ1n) is 10.8. The molecule has 2 saturated heterocycles. The van der Waals surface area contributed by atoms with Crippen LogP contribution in [0.25, 0.3) is 0 Å². The molecule has 0 bridgehead atoms. The Morgan fingerprint density at radius 3 is 2.28 bits per heavy atom. The third-order valence-corrected chi connectivity index (χ3v) is 6.06. The van der Waals surface area contributed by atoms with E-state index in [9.17, 15) is 0 Å². The lowest BCUT2D eigenvalue weighted by atomic mass is 10.0. The molecule has 0 spiro atoms. The lowest BCUT2D eigenvalue weighted by Crippen LogP contribution is -2.36. The molecule has 29 heavy (non-hydrogen) atoms. The number of anilines is 1. The van der Waals surface area contributed by atoms with Crippen LogP contribution in [-0.2, 0) is 11.3 Å². The summed E-state index contributed by atoms with van der Waals surface area (Å²) in [6.45, 7) is 7.84. The van der Waals surface area contributed by atoms with Crippen molar-refractivity contribution >= 4 is 5.69 Å². The van der Waals surface area contributed by atoms with Crippen molar-refractivity contribution < 1.29 is 9.47 Å². The van der Waals surface area contributed by atoms with Gasteiger partial charge in [0.15, 0.2) is 0 Å². The number of ether oxygens (including phenoxy) is 2. The Morgan fingerprint density at radius 1 is 0.931 bits per heavy atom. The molecule has 2 aliphatic rings. The number of morpholine rings is 1. The molecule has 0 saturated carbocycles. The van der Waals surface area contributed by atoms with Gasteiger partial charge >= 0.3 is 0 Å². The van der Waals surface area contributed by atoms with Gasteiger partial charge in [0.05, 0.1) is 20.3 Å². The van der Waals surface area contributed by atoms with Gasteiger partial charge in [-0.2, -0.15) is 0 Å². The maximum atomic E-state index is 5.45. The lowest BCUT2D eigenvalue weighted by Gasteiger charge is -2.29. The molecule has 2 heterocycles. The Balaban J connectivity index is 1.34. The number of methoxy groups -OCH3 is 1. The molecule has 2 fully saturated rings. The molecule has 0 amide bonds. The highest BCUT2D eigenvalue weighted by Crippen LogP contribution is 2.26. The summed E-state index contributed by atoms with van der Waals surface area (Å²) in [7, 11) is 1.72. The monoisotopic (exact) mass is 395 g/mol. The van der Waals surface area contributed by atoms with E-state index in [1.54, 1.807) is 7.11 Å². The Hall–Kier alpha value is -2.08. The summed E-state index contributed by atoms with van der Waals surface area (Å²) in [5.74, 6) is 0.919. The van der Waals surface area contributed by atoms with Crippen molar-refractivity contribution in [2.24, 2.45) is 0 Å². The molecule has 5 nitrogen and oxygen atoms in total. The van der Waals surface area contributed by atoms with Crippen LogP contribution in [0.3, 0.4) is 0 Å². The molecule has 4 rings (SSSR count). The van der Waals surface area contributed by atoms with E-state index in [4.69, 9.17) is 9.47 Å². The van der Waals surface area contributed by atoms with E-state index in [2.05, 4.69) is 63.6 Å². The second kappa shape index (κ2) is 10.1. The van der Waals surface area contributed by atoms with E-state index in [1.165, 1.54) is 42.7 Å². The number of nitrogens with zero attached hydrogens (tertiary/aromatic N) is 2. The van der Waals surface area contributed by atoms with E-state index < -0.39 is 0 Å². The molecule has 0 aliphatic carbocycles. The summed E-state index contributed by atoms with van der Waals surface area (Å²) < 4.78 is 10.8. The van der Waals surface area contributed by atoms with Crippen molar-refractivity contribution in [2.45, 2.75) is 25.4 Å². The molecule has 0 radical (unpaired) electrons. The van der Waals surface area contributed by atoms with Crippen molar-refractivity contribution in [1.82, 2.24) is 10.2 Å². The molecule has 1 unspecified atom stereocenters. The molecule has 2 aliphatic heterocycles. The highest BCUT2D eigenvalue weighted by molar-refractivity contribution is 5.47. The average Bonchev–Trinajstić information content (AvgIpc) is 3.32. The van der Waals surface area contributed by atoms with Crippen LogP contribution in [0.4, 0.5) is 5.69 Å². The lowest BCUT2D eigenvalue weighted by molar-refractivity contribution is 0.122. The summed E-state index contributed by atoms with van der Waals surface area (Å²) in [6.07, 6.45) is 2.60. The second-order valence-corrected chi connectivity index (χ2v) is 7.93. The minimum absolute atomic E-state index is 0.413. The smallest absolute Gasteiger partial charge is 0.118 e. The molecule has 5 heteroatoms. The van der Waals surface area contributed by atoms with Gasteiger partial charge in [0.2, 0.25) is 0 Å². The van der Waals surface area contributed by atoms with Crippen LogP contribution in [0, 0.1) is 0 Å². The maximum Gasteiger partial charge on any atom is 0.118 e. The Bertz CT molecular complexity index is 736. The van der Waals surface area contributed by atoms with E-state index >= 15 is 0 Å². The Kier molecular flexibility index (Phi) is 7.04. The zero-order valence-electron chi connectivity index (χ0n) is 17.5. The predicted octanol–water partition coefficient (Wildman–Crippen LogP) is 3.46. The van der Waals surface area contributed by atoms with Crippen LogP contribution < -0.4 is 15.0 Å². The average molecular weight is 396 g/mol. The van der Waals surface area contributed by atoms with Gasteiger partial charge in [0, 0.05) is 37.9 Å². The molecule has 2 aromatic rings. The van der Waals surface area contributed by atoms with E-state index in [0.29, 0.717) is 6.04 Å². The van der Waals surface area contributed by atoms with Crippen LogP contribution >= 0.6 is 0 Å². The van der Waals surface area contributed by atoms with Gasteiger partial charge in [-0.3, -0.25) is 4.90 Å². The van der Waals surface area contributed by atoms with E-state index in [-0.39, 0.29) is 0 Å². The summed E-state index contributed by atoms with van der Waals surface area (Å²) >= 11 is 0. The van der Waals surface area contributed by atoms with Gasteiger partial charge in [-0.1, -0.05) is 24.3 Å². The second-order valence-electron chi connectivity index (χ2n) is 7.93. The SMILES string of the molecule is COc1ccc(C(CNCc2ccc(N3CCOCC3)cc2)N2CCCC2)cc1. The minimum Gasteiger partial charge on any atom is -0.497 e. The van der Waals surface area contributed by atoms with Crippen molar-refractivity contribution in [1.29, 1.82) is 0 Å². The predicted molar refractivity (Wildman–Crippen MR) is 118 cm³/mol. The molecule has 1 N–H and O–H groups in total. The molecule has 2 aromatic carbocycles. The number of benzene rings is 2. The molecule has 156 valence electrons. The summed E-state index contributed by atoms with van der Waals surface area (Å²) in [5.41, 5.74) is 3.99. The fourth-order valence-corrected chi connectivity index (χ4v) is 4.34. The van der Waals surface area contributed by atoms with Crippen LogP contribution in [0.15, 0.2) is 48.5 Å². The Morgan fingerprint density at radius 2 is 1.62 bits per heavy atom. The van der Waals surface area contributed by atoms with Gasteiger partial charge in [-0.05, 0) is 61.3 Å². The number of rotatable bonds is 8. The number of hydrogen-bond acceptors (Lipinski definition) is 5. The zero-order valence-corrected chi connectivity index (χ0v) is 17.5. The van der Waals surface area contributed by atoms with Gasteiger partial charge < -0.3 is 19.7 Å². The summed E-state index contributed by atoms with van der Waals surface area (Å²) in [6, 6.07) is 17.9. The Labute approximate surface area is 174 Å². The number of nitrogens with one attached hydrogen (secondary N) is 1. The quantitative estimate of drug-likeness (QED) is 0.741. The molecular weight excluding hydrogens is 362 g/mol. The highest BCUT2D eigenvalue weighted by atomic mass is 16.5. The largest absolute Gasteiger partial charge is 0.497 e. The van der Waals surface area contributed by atoms with Crippen molar-refractivity contribution in [3.05, 3.63) is 59.7 Å². The van der Waals surface area contributed by atoms with E-state index in [0.717, 1.165) is 45.1 Å². The number of hydrogen-bond donors (Lipinski definition) is 1. The van der Waals surface area contributed by atoms with Crippen LogP contribution in [0.1, 0.15) is 30.0 Å². The van der Waals surface area contributed by atoms with Crippen molar-refractivity contribution in [3.8, 4) is 5.75 Å². The third-order valence-electron chi connectivity index (χ3n) is 6.06. The first kappa shape index (κ1) is 20.2. The molecular formula is C24H33N3O2. The summed E-state index contributed by atoms with van der Waals surface area (Å²) in [5, 5.41) is 3.70. The van der Waals surface area contributed by atoms with Crippen molar-refractivity contribution in [3.63, 3.8) is 0 Å². The van der Waals surface area contributed by atoms with Gasteiger partial charge in [0.25, 0.3) is 0 Å². The van der Waals surface area contributed by atoms with E-state index in [1.807, 2.05) is 0 Å². The van der Waals surface area contributed by atoms with Crippen LogP contribution in [0.2, 0.25) is 0 Å². The van der Waals surface area contributed by atoms with Gasteiger partial charge in [-0.15, -0.1) is 0 Å².